The summed E-state index contributed by atoms with van der Waals surface area (Å²) in [6.45, 7) is 6.06. The molecule has 1 aliphatic carbocycles. The third-order valence-corrected chi connectivity index (χ3v) is 6.30. The first kappa shape index (κ1) is 21.9. The number of benzene rings is 1. The second kappa shape index (κ2) is 8.49. The number of halogens is 1. The van der Waals surface area contributed by atoms with Crippen LogP contribution in [0.15, 0.2) is 29.2 Å². The van der Waals surface area contributed by atoms with Crippen molar-refractivity contribution < 1.29 is 13.2 Å². The Hall–Kier alpha value is -1.15. The molecular weight excluding hydrogens is 362 g/mol. The molecule has 8 heteroatoms. The molecule has 0 aromatic heterocycles. The van der Waals surface area contributed by atoms with Crippen molar-refractivity contribution in [3.63, 3.8) is 0 Å². The lowest BCUT2D eigenvalue weighted by atomic mass is 9.95. The number of hydrogen-bond donors (Lipinski definition) is 3. The van der Waals surface area contributed by atoms with Crippen molar-refractivity contribution in [3.05, 3.63) is 29.8 Å². The number of sulfonamides is 1. The molecule has 1 saturated carbocycles. The van der Waals surface area contributed by atoms with Crippen LogP contribution in [-0.4, -0.2) is 32.5 Å². The number of hydrogen-bond acceptors (Lipinski definition) is 4. The highest BCUT2D eigenvalue weighted by Crippen LogP contribution is 2.39. The Morgan fingerprint density at radius 3 is 2.32 bits per heavy atom. The molecule has 2 atom stereocenters. The van der Waals surface area contributed by atoms with E-state index in [1.165, 1.54) is 24.3 Å². The van der Waals surface area contributed by atoms with E-state index in [2.05, 4.69) is 10.0 Å². The average Bonchev–Trinajstić information content (AvgIpc) is 3.39. The van der Waals surface area contributed by atoms with Crippen molar-refractivity contribution in [2.75, 3.05) is 6.54 Å². The molecule has 1 aromatic carbocycles. The molecule has 25 heavy (non-hydrogen) atoms. The Balaban J connectivity index is 0.00000312. The Labute approximate surface area is 156 Å². The van der Waals surface area contributed by atoms with Gasteiger partial charge in [-0.3, -0.25) is 4.79 Å². The molecule has 2 unspecified atom stereocenters. The minimum atomic E-state index is -3.56. The van der Waals surface area contributed by atoms with E-state index >= 15 is 0 Å². The third kappa shape index (κ3) is 5.41. The van der Waals surface area contributed by atoms with Crippen LogP contribution in [-0.2, 0) is 10.0 Å². The van der Waals surface area contributed by atoms with Crippen molar-refractivity contribution in [2.24, 2.45) is 11.7 Å². The third-order valence-electron chi connectivity index (χ3n) is 4.70. The fraction of sp³-hybridized carbons (Fsp3) is 0.588. The van der Waals surface area contributed by atoms with Crippen LogP contribution in [0, 0.1) is 5.92 Å². The highest BCUT2D eigenvalue weighted by Gasteiger charge is 2.41. The monoisotopic (exact) mass is 389 g/mol. The first-order valence-corrected chi connectivity index (χ1v) is 9.85. The number of amides is 1. The topological polar surface area (TPSA) is 101 Å². The second-order valence-electron chi connectivity index (χ2n) is 6.80. The van der Waals surface area contributed by atoms with Crippen molar-refractivity contribution in [3.8, 4) is 0 Å². The molecule has 1 fully saturated rings. The van der Waals surface area contributed by atoms with Gasteiger partial charge in [0.25, 0.3) is 5.91 Å². The molecule has 1 aliphatic rings. The second-order valence-corrected chi connectivity index (χ2v) is 8.52. The molecule has 1 aromatic rings. The highest BCUT2D eigenvalue weighted by molar-refractivity contribution is 7.89. The molecule has 4 N–H and O–H groups in total. The Bertz CT molecular complexity index is 690. The molecule has 2 rings (SSSR count). The SMILES string of the molecule is CCC(C)NS(=O)(=O)c1ccc(C(=O)NC(C)(CN)C2CC2)cc1.Cl. The maximum atomic E-state index is 12.4. The zero-order chi connectivity index (χ0) is 18.0. The van der Waals surface area contributed by atoms with E-state index < -0.39 is 15.6 Å². The van der Waals surface area contributed by atoms with Gasteiger partial charge in [0.05, 0.1) is 10.4 Å². The van der Waals surface area contributed by atoms with E-state index in [1.807, 2.05) is 20.8 Å². The van der Waals surface area contributed by atoms with Crippen molar-refractivity contribution in [1.29, 1.82) is 0 Å². The van der Waals surface area contributed by atoms with Gasteiger partial charge in [-0.2, -0.15) is 0 Å². The van der Waals surface area contributed by atoms with Crippen LogP contribution < -0.4 is 15.8 Å². The molecule has 142 valence electrons. The van der Waals surface area contributed by atoms with Gasteiger partial charge in [0, 0.05) is 18.2 Å². The van der Waals surface area contributed by atoms with E-state index in [9.17, 15) is 13.2 Å². The van der Waals surface area contributed by atoms with Gasteiger partial charge in [0.1, 0.15) is 0 Å². The highest BCUT2D eigenvalue weighted by atomic mass is 35.5. The Kier molecular flexibility index (Phi) is 7.43. The summed E-state index contributed by atoms with van der Waals surface area (Å²) in [4.78, 5) is 12.6. The normalized spacial score (nSPS) is 17.9. The van der Waals surface area contributed by atoms with E-state index in [4.69, 9.17) is 5.73 Å². The smallest absolute Gasteiger partial charge is 0.251 e. The van der Waals surface area contributed by atoms with E-state index in [-0.39, 0.29) is 29.3 Å². The number of nitrogens with one attached hydrogen (secondary N) is 2. The number of nitrogens with two attached hydrogens (primary N) is 1. The summed E-state index contributed by atoms with van der Waals surface area (Å²) in [5.41, 5.74) is 5.84. The van der Waals surface area contributed by atoms with Crippen molar-refractivity contribution in [1.82, 2.24) is 10.0 Å². The maximum Gasteiger partial charge on any atom is 0.251 e. The Morgan fingerprint density at radius 2 is 1.88 bits per heavy atom. The van der Waals surface area contributed by atoms with Gasteiger partial charge >= 0.3 is 0 Å². The van der Waals surface area contributed by atoms with Gasteiger partial charge in [0.15, 0.2) is 0 Å². The zero-order valence-electron chi connectivity index (χ0n) is 14.9. The maximum absolute atomic E-state index is 12.4. The molecule has 1 amide bonds. The van der Waals surface area contributed by atoms with Gasteiger partial charge < -0.3 is 11.1 Å². The summed E-state index contributed by atoms with van der Waals surface area (Å²) in [6.07, 6.45) is 2.86. The summed E-state index contributed by atoms with van der Waals surface area (Å²) in [6, 6.07) is 5.84. The summed E-state index contributed by atoms with van der Waals surface area (Å²) in [5, 5.41) is 2.99. The quantitative estimate of drug-likeness (QED) is 0.633. The molecule has 6 nitrogen and oxygen atoms in total. The number of carbonyl (C=O) groups excluding carboxylic acids is 1. The number of carbonyl (C=O) groups is 1. The van der Waals surface area contributed by atoms with Gasteiger partial charge in [-0.05, 0) is 63.3 Å². The largest absolute Gasteiger partial charge is 0.345 e. The summed E-state index contributed by atoms with van der Waals surface area (Å²) in [5.74, 6) is 0.194. The van der Waals surface area contributed by atoms with Gasteiger partial charge in [-0.15, -0.1) is 12.4 Å². The first-order valence-electron chi connectivity index (χ1n) is 8.37. The van der Waals surface area contributed by atoms with Crippen LogP contribution in [0.2, 0.25) is 0 Å². The minimum Gasteiger partial charge on any atom is -0.345 e. The molecule has 0 bridgehead atoms. The molecule has 0 saturated heterocycles. The van der Waals surface area contributed by atoms with Gasteiger partial charge in [-0.1, -0.05) is 6.92 Å². The Morgan fingerprint density at radius 1 is 1.32 bits per heavy atom. The van der Waals surface area contributed by atoms with Crippen LogP contribution in [0.1, 0.15) is 50.4 Å². The predicted octanol–water partition coefficient (Wildman–Crippen LogP) is 2.04. The van der Waals surface area contributed by atoms with E-state index in [1.54, 1.807) is 0 Å². The average molecular weight is 390 g/mol. The molecule has 0 spiro atoms. The lowest BCUT2D eigenvalue weighted by molar-refractivity contribution is 0.0897. The first-order chi connectivity index (χ1) is 11.2. The summed E-state index contributed by atoms with van der Waals surface area (Å²) in [7, 11) is -3.56. The van der Waals surface area contributed by atoms with E-state index in [0.29, 0.717) is 24.4 Å². The minimum absolute atomic E-state index is 0. The molecule has 0 radical (unpaired) electrons. The van der Waals surface area contributed by atoms with Crippen LogP contribution >= 0.6 is 12.4 Å². The molecule has 0 heterocycles. The van der Waals surface area contributed by atoms with Crippen molar-refractivity contribution in [2.45, 2.75) is 56.5 Å². The molecular formula is C17H28ClN3O3S. The lowest BCUT2D eigenvalue weighted by Crippen LogP contribution is -2.53. The number of rotatable bonds is 8. The summed E-state index contributed by atoms with van der Waals surface area (Å²) < 4.78 is 27.1. The fourth-order valence-corrected chi connectivity index (χ4v) is 3.90. The summed E-state index contributed by atoms with van der Waals surface area (Å²) >= 11 is 0. The van der Waals surface area contributed by atoms with Crippen LogP contribution in [0.5, 0.6) is 0 Å². The predicted molar refractivity (Wildman–Crippen MR) is 101 cm³/mol. The molecule has 0 aliphatic heterocycles. The van der Waals surface area contributed by atoms with Gasteiger partial charge in [-0.25, -0.2) is 13.1 Å². The van der Waals surface area contributed by atoms with Crippen LogP contribution in [0.25, 0.3) is 0 Å². The standard InChI is InChI=1S/C17H27N3O3S.ClH/c1-4-12(2)20-24(22,23)15-9-5-13(6-10-15)16(21)19-17(3,11-18)14-7-8-14;/h5-6,9-10,12,14,20H,4,7-8,11,18H2,1-3H3,(H,19,21);1H. The zero-order valence-corrected chi connectivity index (χ0v) is 16.5. The van der Waals surface area contributed by atoms with E-state index in [0.717, 1.165) is 12.8 Å². The lowest BCUT2D eigenvalue weighted by Gasteiger charge is -2.29. The van der Waals surface area contributed by atoms with Crippen LogP contribution in [0.4, 0.5) is 0 Å². The van der Waals surface area contributed by atoms with Crippen molar-refractivity contribution >= 4 is 28.3 Å². The fourth-order valence-electron chi connectivity index (χ4n) is 2.57. The van der Waals surface area contributed by atoms with Crippen LogP contribution in [0.3, 0.4) is 0 Å². The van der Waals surface area contributed by atoms with Gasteiger partial charge in [0.2, 0.25) is 10.0 Å².